The summed E-state index contributed by atoms with van der Waals surface area (Å²) in [7, 11) is 0. The summed E-state index contributed by atoms with van der Waals surface area (Å²) in [6, 6.07) is 0. The molecule has 1 aromatic heterocycles. The molecule has 1 N–H and O–H groups in total. The number of hydrogen-bond acceptors (Lipinski definition) is 4. The van der Waals surface area contributed by atoms with Crippen molar-refractivity contribution in [3.8, 4) is 0 Å². The minimum atomic E-state index is 0.619. The molecule has 0 unspecified atom stereocenters. The lowest BCUT2D eigenvalue weighted by molar-refractivity contribution is 0.853. The van der Waals surface area contributed by atoms with Gasteiger partial charge in [-0.1, -0.05) is 13.8 Å². The van der Waals surface area contributed by atoms with E-state index in [1.54, 1.807) is 0 Å². The molecule has 0 saturated heterocycles. The van der Waals surface area contributed by atoms with Crippen molar-refractivity contribution in [2.75, 3.05) is 17.6 Å². The van der Waals surface area contributed by atoms with E-state index in [2.05, 4.69) is 31.1 Å². The molecule has 94 valence electrons. The van der Waals surface area contributed by atoms with Crippen LogP contribution in [0.15, 0.2) is 5.03 Å². The fraction of sp³-hybridized carbons (Fsp3) is 0.692. The highest BCUT2D eigenvalue weighted by molar-refractivity contribution is 7.99. The summed E-state index contributed by atoms with van der Waals surface area (Å²) in [5, 5.41) is 4.58. The van der Waals surface area contributed by atoms with Crippen LogP contribution in [-0.4, -0.2) is 22.3 Å². The number of thioether (sulfide) groups is 1. The molecule has 1 saturated carbocycles. The summed E-state index contributed by atoms with van der Waals surface area (Å²) in [5.74, 6) is 3.77. The van der Waals surface area contributed by atoms with Crippen LogP contribution < -0.4 is 5.32 Å². The van der Waals surface area contributed by atoms with Crippen LogP contribution in [0.5, 0.6) is 0 Å². The van der Waals surface area contributed by atoms with Gasteiger partial charge in [0.05, 0.1) is 0 Å². The van der Waals surface area contributed by atoms with Gasteiger partial charge in [0.25, 0.3) is 0 Å². The van der Waals surface area contributed by atoms with Crippen molar-refractivity contribution in [3.05, 3.63) is 11.4 Å². The predicted octanol–water partition coefficient (Wildman–Crippen LogP) is 3.60. The largest absolute Gasteiger partial charge is 0.370 e. The number of anilines is 1. The van der Waals surface area contributed by atoms with E-state index in [9.17, 15) is 0 Å². The molecule has 0 spiro atoms. The second-order valence-corrected chi connectivity index (χ2v) is 5.75. The summed E-state index contributed by atoms with van der Waals surface area (Å²) in [4.78, 5) is 9.38. The predicted molar refractivity (Wildman–Crippen MR) is 73.9 cm³/mol. The van der Waals surface area contributed by atoms with Crippen molar-refractivity contribution in [2.45, 2.75) is 51.0 Å². The fourth-order valence-electron chi connectivity index (χ4n) is 1.73. The molecule has 0 bridgehead atoms. The van der Waals surface area contributed by atoms with Gasteiger partial charge in [-0.05, 0) is 31.9 Å². The van der Waals surface area contributed by atoms with Crippen LogP contribution in [0, 0.1) is 6.92 Å². The lowest BCUT2D eigenvalue weighted by Gasteiger charge is -2.12. The Morgan fingerprint density at radius 1 is 1.29 bits per heavy atom. The summed E-state index contributed by atoms with van der Waals surface area (Å²) < 4.78 is 0. The van der Waals surface area contributed by atoms with Gasteiger partial charge < -0.3 is 5.32 Å². The zero-order valence-corrected chi connectivity index (χ0v) is 11.7. The molecule has 1 aromatic rings. The standard InChI is InChI=1S/C13H21N3S/c1-4-8-14-11-9(3)13(17-5-2)16-12(15-11)10-6-7-10/h10H,4-8H2,1-3H3,(H,14,15,16). The van der Waals surface area contributed by atoms with Gasteiger partial charge in [-0.2, -0.15) is 0 Å². The van der Waals surface area contributed by atoms with Crippen molar-refractivity contribution in [1.29, 1.82) is 0 Å². The monoisotopic (exact) mass is 251 g/mol. The Morgan fingerprint density at radius 3 is 2.65 bits per heavy atom. The molecule has 3 nitrogen and oxygen atoms in total. The van der Waals surface area contributed by atoms with Crippen molar-refractivity contribution < 1.29 is 0 Å². The molecule has 0 radical (unpaired) electrons. The van der Waals surface area contributed by atoms with Gasteiger partial charge in [-0.25, -0.2) is 9.97 Å². The molecule has 0 atom stereocenters. The summed E-state index contributed by atoms with van der Waals surface area (Å²) in [6.07, 6.45) is 3.64. The van der Waals surface area contributed by atoms with E-state index in [1.165, 1.54) is 18.4 Å². The van der Waals surface area contributed by atoms with Crippen molar-refractivity contribution in [2.24, 2.45) is 0 Å². The molecule has 1 fully saturated rings. The van der Waals surface area contributed by atoms with Gasteiger partial charge in [-0.15, -0.1) is 11.8 Å². The van der Waals surface area contributed by atoms with Crippen molar-refractivity contribution in [3.63, 3.8) is 0 Å². The lowest BCUT2D eigenvalue weighted by atomic mass is 10.3. The average molecular weight is 251 g/mol. The second-order valence-electron chi connectivity index (χ2n) is 4.49. The molecule has 17 heavy (non-hydrogen) atoms. The molecule has 2 rings (SSSR count). The number of hydrogen-bond donors (Lipinski definition) is 1. The van der Waals surface area contributed by atoms with E-state index in [0.29, 0.717) is 5.92 Å². The molecule has 1 aliphatic rings. The van der Waals surface area contributed by atoms with Gasteiger partial charge in [0.1, 0.15) is 16.7 Å². The molecule has 0 aliphatic heterocycles. The third-order valence-electron chi connectivity index (χ3n) is 2.88. The molecule has 0 amide bonds. The van der Waals surface area contributed by atoms with Crippen molar-refractivity contribution >= 4 is 17.6 Å². The second kappa shape index (κ2) is 5.71. The maximum atomic E-state index is 4.70. The van der Waals surface area contributed by atoms with Gasteiger partial charge in [0, 0.05) is 18.0 Å². The van der Waals surface area contributed by atoms with Gasteiger partial charge in [0.15, 0.2) is 0 Å². The maximum absolute atomic E-state index is 4.70. The van der Waals surface area contributed by atoms with Gasteiger partial charge in [0.2, 0.25) is 0 Å². The highest BCUT2D eigenvalue weighted by Crippen LogP contribution is 2.39. The van der Waals surface area contributed by atoms with E-state index in [-0.39, 0.29) is 0 Å². The summed E-state index contributed by atoms with van der Waals surface area (Å²) in [5.41, 5.74) is 1.20. The van der Waals surface area contributed by atoms with E-state index in [0.717, 1.165) is 35.4 Å². The Morgan fingerprint density at radius 2 is 2.06 bits per heavy atom. The Balaban J connectivity index is 2.27. The van der Waals surface area contributed by atoms with Crippen molar-refractivity contribution in [1.82, 2.24) is 9.97 Å². The Labute approximate surface area is 108 Å². The quantitative estimate of drug-likeness (QED) is 0.619. The van der Waals surface area contributed by atoms with E-state index < -0.39 is 0 Å². The first kappa shape index (κ1) is 12.7. The average Bonchev–Trinajstić information content (AvgIpc) is 3.14. The zero-order chi connectivity index (χ0) is 12.3. The fourth-order valence-corrected chi connectivity index (χ4v) is 2.47. The summed E-state index contributed by atoms with van der Waals surface area (Å²) in [6.45, 7) is 7.44. The van der Waals surface area contributed by atoms with Gasteiger partial charge in [-0.3, -0.25) is 0 Å². The van der Waals surface area contributed by atoms with Crippen LogP contribution in [0.2, 0.25) is 0 Å². The van der Waals surface area contributed by atoms with Crippen LogP contribution >= 0.6 is 11.8 Å². The zero-order valence-electron chi connectivity index (χ0n) is 10.9. The number of nitrogens with one attached hydrogen (secondary N) is 1. The summed E-state index contributed by atoms with van der Waals surface area (Å²) >= 11 is 1.82. The number of rotatable bonds is 6. The van der Waals surface area contributed by atoms with Crippen LogP contribution in [-0.2, 0) is 0 Å². The first-order valence-electron chi connectivity index (χ1n) is 6.51. The third-order valence-corrected chi connectivity index (χ3v) is 3.84. The highest BCUT2D eigenvalue weighted by Gasteiger charge is 2.28. The minimum Gasteiger partial charge on any atom is -0.370 e. The van der Waals surface area contributed by atoms with E-state index in [1.807, 2.05) is 11.8 Å². The topological polar surface area (TPSA) is 37.8 Å². The smallest absolute Gasteiger partial charge is 0.135 e. The molecule has 4 heteroatoms. The molecule has 1 aliphatic carbocycles. The number of aromatic nitrogens is 2. The minimum absolute atomic E-state index is 0.619. The Bertz CT molecular complexity index is 388. The van der Waals surface area contributed by atoms with Gasteiger partial charge >= 0.3 is 0 Å². The van der Waals surface area contributed by atoms with Crippen LogP contribution in [0.25, 0.3) is 0 Å². The van der Waals surface area contributed by atoms with E-state index in [4.69, 9.17) is 4.98 Å². The maximum Gasteiger partial charge on any atom is 0.135 e. The van der Waals surface area contributed by atoms with Crippen LogP contribution in [0.3, 0.4) is 0 Å². The molecular weight excluding hydrogens is 230 g/mol. The normalized spacial score (nSPS) is 15.0. The SMILES string of the molecule is CCCNc1nc(C2CC2)nc(SCC)c1C. The Kier molecular flexibility index (Phi) is 4.26. The Hall–Kier alpha value is -0.770. The highest BCUT2D eigenvalue weighted by atomic mass is 32.2. The first-order valence-corrected chi connectivity index (χ1v) is 7.50. The first-order chi connectivity index (χ1) is 8.26. The lowest BCUT2D eigenvalue weighted by Crippen LogP contribution is -2.08. The van der Waals surface area contributed by atoms with Crippen LogP contribution in [0.1, 0.15) is 50.4 Å². The van der Waals surface area contributed by atoms with E-state index >= 15 is 0 Å². The number of nitrogens with zero attached hydrogens (tertiary/aromatic N) is 2. The molecule has 0 aromatic carbocycles. The van der Waals surface area contributed by atoms with Crippen LogP contribution in [0.4, 0.5) is 5.82 Å². The third kappa shape index (κ3) is 3.12. The molecule has 1 heterocycles. The molecular formula is C13H21N3S.